The van der Waals surface area contributed by atoms with E-state index in [0.717, 1.165) is 12.0 Å². The topological polar surface area (TPSA) is 83.6 Å². The highest BCUT2D eigenvalue weighted by atomic mass is 16.5. The number of aromatic nitrogens is 1. The second-order valence-corrected chi connectivity index (χ2v) is 5.33. The molecule has 1 N–H and O–H groups in total. The number of benzene rings is 1. The van der Waals surface area contributed by atoms with Crippen molar-refractivity contribution in [3.8, 4) is 11.3 Å². The van der Waals surface area contributed by atoms with Gasteiger partial charge in [0.2, 0.25) is 5.76 Å². The van der Waals surface area contributed by atoms with Gasteiger partial charge in [-0.25, -0.2) is 0 Å². The third-order valence-corrected chi connectivity index (χ3v) is 3.84. The number of rotatable bonds is 4. The van der Waals surface area contributed by atoms with Crippen LogP contribution in [0.4, 0.5) is 0 Å². The van der Waals surface area contributed by atoms with Gasteiger partial charge in [-0.15, -0.1) is 0 Å². The van der Waals surface area contributed by atoms with Crippen molar-refractivity contribution in [2.24, 2.45) is 0 Å². The Bertz CT molecular complexity index is 680. The summed E-state index contributed by atoms with van der Waals surface area (Å²) in [6.07, 6.45) is 1.48. The SMILES string of the molecule is O=C(O)CC1CCCN1C(=O)c1cc(-c2ccccc2)no1. The zero-order chi connectivity index (χ0) is 15.5. The summed E-state index contributed by atoms with van der Waals surface area (Å²) in [6, 6.07) is 10.8. The lowest BCUT2D eigenvalue weighted by Crippen LogP contribution is -2.36. The van der Waals surface area contributed by atoms with Gasteiger partial charge in [-0.3, -0.25) is 9.59 Å². The lowest BCUT2D eigenvalue weighted by Gasteiger charge is -2.21. The molecule has 2 heterocycles. The fourth-order valence-electron chi connectivity index (χ4n) is 2.78. The lowest BCUT2D eigenvalue weighted by molar-refractivity contribution is -0.137. The van der Waals surface area contributed by atoms with Gasteiger partial charge < -0.3 is 14.5 Å². The molecule has 22 heavy (non-hydrogen) atoms. The highest BCUT2D eigenvalue weighted by Gasteiger charge is 2.32. The van der Waals surface area contributed by atoms with Crippen molar-refractivity contribution >= 4 is 11.9 Å². The van der Waals surface area contributed by atoms with Crippen molar-refractivity contribution in [3.05, 3.63) is 42.2 Å². The molecule has 0 radical (unpaired) electrons. The van der Waals surface area contributed by atoms with Gasteiger partial charge in [-0.2, -0.15) is 0 Å². The quantitative estimate of drug-likeness (QED) is 0.937. The standard InChI is InChI=1S/C16H16N2O4/c19-15(20)9-12-7-4-8-18(12)16(21)14-10-13(17-22-14)11-5-2-1-3-6-11/h1-3,5-6,10,12H,4,7-9H2,(H,19,20). The minimum absolute atomic E-state index is 0.0363. The molecule has 1 aromatic carbocycles. The molecule has 6 heteroatoms. The van der Waals surface area contributed by atoms with Crippen LogP contribution in [-0.4, -0.2) is 39.6 Å². The predicted octanol–water partition coefficient (Wildman–Crippen LogP) is 2.42. The van der Waals surface area contributed by atoms with E-state index in [0.29, 0.717) is 18.7 Å². The van der Waals surface area contributed by atoms with Crippen LogP contribution in [0.5, 0.6) is 0 Å². The number of hydrogen-bond donors (Lipinski definition) is 1. The van der Waals surface area contributed by atoms with Gasteiger partial charge in [-0.05, 0) is 12.8 Å². The van der Waals surface area contributed by atoms with Crippen LogP contribution < -0.4 is 0 Å². The van der Waals surface area contributed by atoms with Crippen molar-refractivity contribution in [1.29, 1.82) is 0 Å². The maximum absolute atomic E-state index is 12.5. The third kappa shape index (κ3) is 2.86. The molecular weight excluding hydrogens is 284 g/mol. The van der Waals surface area contributed by atoms with Crippen molar-refractivity contribution in [3.63, 3.8) is 0 Å². The molecule has 1 aliphatic heterocycles. The average Bonchev–Trinajstić information content (AvgIpc) is 3.16. The average molecular weight is 300 g/mol. The smallest absolute Gasteiger partial charge is 0.305 e. The van der Waals surface area contributed by atoms with Crippen molar-refractivity contribution in [2.75, 3.05) is 6.54 Å². The number of carboxylic acids is 1. The van der Waals surface area contributed by atoms with Gasteiger partial charge in [0, 0.05) is 24.2 Å². The number of nitrogens with zero attached hydrogens (tertiary/aromatic N) is 2. The summed E-state index contributed by atoms with van der Waals surface area (Å²) in [7, 11) is 0. The first-order valence-electron chi connectivity index (χ1n) is 7.20. The van der Waals surface area contributed by atoms with Crippen molar-refractivity contribution in [1.82, 2.24) is 10.1 Å². The molecule has 1 saturated heterocycles. The largest absolute Gasteiger partial charge is 0.481 e. The summed E-state index contributed by atoms with van der Waals surface area (Å²) in [5.74, 6) is -1.04. The molecule has 0 bridgehead atoms. The van der Waals surface area contributed by atoms with E-state index in [1.165, 1.54) is 0 Å². The molecular formula is C16H16N2O4. The minimum atomic E-state index is -0.896. The Balaban J connectivity index is 1.78. The van der Waals surface area contributed by atoms with Gasteiger partial charge in [0.15, 0.2) is 0 Å². The lowest BCUT2D eigenvalue weighted by atomic mass is 10.1. The predicted molar refractivity (Wildman–Crippen MR) is 78.3 cm³/mol. The van der Waals surface area contributed by atoms with Gasteiger partial charge in [-0.1, -0.05) is 35.5 Å². The number of amides is 1. The van der Waals surface area contributed by atoms with E-state index in [1.807, 2.05) is 30.3 Å². The highest BCUT2D eigenvalue weighted by molar-refractivity contribution is 5.93. The second-order valence-electron chi connectivity index (χ2n) is 5.33. The van der Waals surface area contributed by atoms with Crippen LogP contribution in [0.15, 0.2) is 40.9 Å². The Kier molecular flexibility index (Phi) is 3.91. The zero-order valence-electron chi connectivity index (χ0n) is 11.9. The molecule has 0 spiro atoms. The maximum atomic E-state index is 12.5. The van der Waals surface area contributed by atoms with Crippen LogP contribution in [0, 0.1) is 0 Å². The number of likely N-dealkylation sites (tertiary alicyclic amines) is 1. The van der Waals surface area contributed by atoms with Crippen LogP contribution in [0.1, 0.15) is 29.8 Å². The molecule has 0 aliphatic carbocycles. The first kappa shape index (κ1) is 14.3. The first-order chi connectivity index (χ1) is 10.6. The van der Waals surface area contributed by atoms with Crippen molar-refractivity contribution < 1.29 is 19.2 Å². The summed E-state index contributed by atoms with van der Waals surface area (Å²) < 4.78 is 5.16. The van der Waals surface area contributed by atoms with E-state index in [9.17, 15) is 9.59 Å². The molecule has 6 nitrogen and oxygen atoms in total. The van der Waals surface area contributed by atoms with Crippen LogP contribution in [0.3, 0.4) is 0 Å². The summed E-state index contributed by atoms with van der Waals surface area (Å²) in [4.78, 5) is 24.9. The third-order valence-electron chi connectivity index (χ3n) is 3.84. The number of hydrogen-bond acceptors (Lipinski definition) is 4. The van der Waals surface area contributed by atoms with E-state index in [-0.39, 0.29) is 24.1 Å². The Labute approximate surface area is 127 Å². The molecule has 1 aromatic heterocycles. The Morgan fingerprint density at radius 1 is 1.32 bits per heavy atom. The van der Waals surface area contributed by atoms with Gasteiger partial charge >= 0.3 is 5.97 Å². The van der Waals surface area contributed by atoms with E-state index >= 15 is 0 Å². The molecule has 1 atom stereocenters. The van der Waals surface area contributed by atoms with Crippen LogP contribution >= 0.6 is 0 Å². The first-order valence-corrected chi connectivity index (χ1v) is 7.20. The monoisotopic (exact) mass is 300 g/mol. The number of carbonyl (C=O) groups excluding carboxylic acids is 1. The van der Waals surface area contributed by atoms with Crippen LogP contribution in [0.2, 0.25) is 0 Å². The Morgan fingerprint density at radius 3 is 2.82 bits per heavy atom. The molecule has 1 fully saturated rings. The summed E-state index contributed by atoms with van der Waals surface area (Å²) >= 11 is 0. The summed E-state index contributed by atoms with van der Waals surface area (Å²) in [5, 5.41) is 12.8. The highest BCUT2D eigenvalue weighted by Crippen LogP contribution is 2.25. The molecule has 0 saturated carbocycles. The molecule has 1 aliphatic rings. The van der Waals surface area contributed by atoms with Gasteiger partial charge in [0.05, 0.1) is 6.42 Å². The minimum Gasteiger partial charge on any atom is -0.481 e. The number of carboxylic acid groups (broad SMARTS) is 1. The number of carbonyl (C=O) groups is 2. The molecule has 1 unspecified atom stereocenters. The summed E-state index contributed by atoms with van der Waals surface area (Å²) in [6.45, 7) is 0.554. The van der Waals surface area contributed by atoms with E-state index in [4.69, 9.17) is 9.63 Å². The molecule has 3 rings (SSSR count). The van der Waals surface area contributed by atoms with Crippen LogP contribution in [-0.2, 0) is 4.79 Å². The maximum Gasteiger partial charge on any atom is 0.305 e. The van der Waals surface area contributed by atoms with E-state index < -0.39 is 5.97 Å². The molecule has 2 aromatic rings. The molecule has 1 amide bonds. The zero-order valence-corrected chi connectivity index (χ0v) is 11.9. The van der Waals surface area contributed by atoms with Crippen LogP contribution in [0.25, 0.3) is 11.3 Å². The van der Waals surface area contributed by atoms with E-state index in [1.54, 1.807) is 11.0 Å². The second kappa shape index (κ2) is 6.01. The normalized spacial score (nSPS) is 17.6. The van der Waals surface area contributed by atoms with Crippen molar-refractivity contribution in [2.45, 2.75) is 25.3 Å². The summed E-state index contributed by atoms with van der Waals surface area (Å²) in [5.41, 5.74) is 1.46. The van der Waals surface area contributed by atoms with Gasteiger partial charge in [0.25, 0.3) is 5.91 Å². The Morgan fingerprint density at radius 2 is 2.09 bits per heavy atom. The Hall–Kier alpha value is -2.63. The van der Waals surface area contributed by atoms with Gasteiger partial charge in [0.1, 0.15) is 5.69 Å². The molecule has 114 valence electrons. The number of aliphatic carboxylic acids is 1. The fraction of sp³-hybridized carbons (Fsp3) is 0.312. The fourth-order valence-corrected chi connectivity index (χ4v) is 2.78. The van der Waals surface area contributed by atoms with E-state index in [2.05, 4.69) is 5.16 Å².